The van der Waals surface area contributed by atoms with Gasteiger partial charge in [0.05, 0.1) is 25.4 Å². The predicted octanol–water partition coefficient (Wildman–Crippen LogP) is 0.461. The van der Waals surface area contributed by atoms with Gasteiger partial charge in [-0.05, 0) is 18.2 Å². The molecule has 0 saturated carbocycles. The minimum atomic E-state index is -0.254. The Bertz CT molecular complexity index is 472. The highest BCUT2D eigenvalue weighted by Crippen LogP contribution is 2.24. The molecule has 110 valence electrons. The van der Waals surface area contributed by atoms with Gasteiger partial charge in [0.2, 0.25) is 0 Å². The number of hydrogen-bond acceptors (Lipinski definition) is 5. The van der Waals surface area contributed by atoms with E-state index in [1.807, 2.05) is 0 Å². The van der Waals surface area contributed by atoms with Gasteiger partial charge in [0.1, 0.15) is 11.5 Å². The Morgan fingerprint density at radius 3 is 3.05 bits per heavy atom. The highest BCUT2D eigenvalue weighted by atomic mass is 16.5. The van der Waals surface area contributed by atoms with Crippen LogP contribution in [0, 0.1) is 0 Å². The number of nitrogens with zero attached hydrogens (tertiary/aromatic N) is 1. The minimum absolute atomic E-state index is 0.0227. The number of amides is 1. The van der Waals surface area contributed by atoms with E-state index in [1.165, 1.54) is 19.2 Å². The van der Waals surface area contributed by atoms with E-state index in [1.54, 1.807) is 18.0 Å². The summed E-state index contributed by atoms with van der Waals surface area (Å²) in [7, 11) is 3.21. The number of hydrogen-bond donors (Lipinski definition) is 2. The Kier molecular flexibility index (Phi) is 4.81. The number of phenolic OH excluding ortho intramolecular Hbond substituents is 1. The Balaban J connectivity index is 2.05. The van der Waals surface area contributed by atoms with Gasteiger partial charge in [0.25, 0.3) is 5.91 Å². The molecule has 0 spiro atoms. The molecule has 1 amide bonds. The van der Waals surface area contributed by atoms with Crippen LogP contribution in [0.4, 0.5) is 0 Å². The van der Waals surface area contributed by atoms with Crippen LogP contribution in [0.25, 0.3) is 0 Å². The summed E-state index contributed by atoms with van der Waals surface area (Å²) < 4.78 is 10.6. The Hall–Kier alpha value is -1.79. The van der Waals surface area contributed by atoms with Crippen molar-refractivity contribution in [2.75, 3.05) is 40.4 Å². The molecule has 1 fully saturated rings. The van der Waals surface area contributed by atoms with Crippen molar-refractivity contribution >= 4 is 5.91 Å². The molecule has 0 bridgehead atoms. The van der Waals surface area contributed by atoms with E-state index in [-0.39, 0.29) is 23.3 Å². The fraction of sp³-hybridized carbons (Fsp3) is 0.500. The number of likely N-dealkylation sites (N-methyl/N-ethyl adjacent to an activating group) is 1. The molecule has 2 N–H and O–H groups in total. The van der Waals surface area contributed by atoms with Crippen LogP contribution in [0.1, 0.15) is 10.4 Å². The lowest BCUT2D eigenvalue weighted by atomic mass is 10.1. The molecule has 1 aliphatic heterocycles. The van der Waals surface area contributed by atoms with E-state index < -0.39 is 0 Å². The molecule has 1 atom stereocenters. The second kappa shape index (κ2) is 6.58. The third-order valence-corrected chi connectivity index (χ3v) is 3.26. The van der Waals surface area contributed by atoms with Gasteiger partial charge >= 0.3 is 0 Å². The zero-order chi connectivity index (χ0) is 14.5. The summed E-state index contributed by atoms with van der Waals surface area (Å²) in [5.74, 6) is 0.232. The molecule has 2 rings (SSSR count). The van der Waals surface area contributed by atoms with E-state index in [2.05, 4.69) is 5.32 Å². The number of carbonyl (C=O) groups excluding carboxylic acids is 1. The summed E-state index contributed by atoms with van der Waals surface area (Å²) in [5.41, 5.74) is 0.232. The van der Waals surface area contributed by atoms with Gasteiger partial charge in [-0.25, -0.2) is 0 Å². The maximum Gasteiger partial charge on any atom is 0.257 e. The summed E-state index contributed by atoms with van der Waals surface area (Å²) in [6, 6.07) is 4.60. The van der Waals surface area contributed by atoms with E-state index in [0.717, 1.165) is 13.1 Å². The first-order valence-corrected chi connectivity index (χ1v) is 6.56. The number of nitrogens with one attached hydrogen (secondary N) is 1. The number of phenols is 1. The first-order valence-electron chi connectivity index (χ1n) is 6.56. The Labute approximate surface area is 118 Å². The van der Waals surface area contributed by atoms with Crippen molar-refractivity contribution in [3.05, 3.63) is 23.8 Å². The summed E-state index contributed by atoms with van der Waals surface area (Å²) in [6.45, 7) is 2.69. The molecule has 0 aromatic heterocycles. The first kappa shape index (κ1) is 14.6. The number of aromatic hydroxyl groups is 1. The quantitative estimate of drug-likeness (QED) is 0.838. The predicted molar refractivity (Wildman–Crippen MR) is 74.2 cm³/mol. The third-order valence-electron chi connectivity index (χ3n) is 3.26. The van der Waals surface area contributed by atoms with E-state index >= 15 is 0 Å². The molecular weight excluding hydrogens is 260 g/mol. The summed E-state index contributed by atoms with van der Waals surface area (Å²) in [4.78, 5) is 13.9. The highest BCUT2D eigenvalue weighted by molar-refractivity contribution is 5.97. The number of morpholine rings is 1. The fourth-order valence-electron chi connectivity index (χ4n) is 2.14. The van der Waals surface area contributed by atoms with E-state index in [4.69, 9.17) is 9.47 Å². The smallest absolute Gasteiger partial charge is 0.257 e. The van der Waals surface area contributed by atoms with Crippen molar-refractivity contribution in [1.29, 1.82) is 0 Å². The van der Waals surface area contributed by atoms with Crippen LogP contribution in [0.3, 0.4) is 0 Å². The van der Waals surface area contributed by atoms with Gasteiger partial charge in [-0.15, -0.1) is 0 Å². The van der Waals surface area contributed by atoms with Crippen LogP contribution in [0.15, 0.2) is 18.2 Å². The first-order chi connectivity index (χ1) is 9.61. The molecule has 0 aliphatic carbocycles. The summed E-state index contributed by atoms with van der Waals surface area (Å²) in [5, 5.41) is 13.0. The van der Waals surface area contributed by atoms with Gasteiger partial charge in [-0.3, -0.25) is 4.79 Å². The maximum absolute atomic E-state index is 12.3. The van der Waals surface area contributed by atoms with Gasteiger partial charge < -0.3 is 24.8 Å². The molecule has 1 aromatic carbocycles. The van der Waals surface area contributed by atoms with Crippen molar-refractivity contribution in [1.82, 2.24) is 10.2 Å². The van der Waals surface area contributed by atoms with Crippen molar-refractivity contribution in [2.45, 2.75) is 6.10 Å². The molecule has 1 aromatic rings. The third kappa shape index (κ3) is 3.40. The average Bonchev–Trinajstić information content (AvgIpc) is 2.48. The second-order valence-electron chi connectivity index (χ2n) is 4.77. The summed E-state index contributed by atoms with van der Waals surface area (Å²) >= 11 is 0. The largest absolute Gasteiger partial charge is 0.507 e. The summed E-state index contributed by atoms with van der Waals surface area (Å²) in [6.07, 6.45) is -0.0227. The van der Waals surface area contributed by atoms with Crippen LogP contribution in [0.2, 0.25) is 0 Å². The van der Waals surface area contributed by atoms with Crippen LogP contribution in [0.5, 0.6) is 11.5 Å². The lowest BCUT2D eigenvalue weighted by molar-refractivity contribution is 0.0103. The Morgan fingerprint density at radius 2 is 2.40 bits per heavy atom. The second-order valence-corrected chi connectivity index (χ2v) is 4.77. The number of rotatable bonds is 4. The van der Waals surface area contributed by atoms with Gasteiger partial charge in [-0.2, -0.15) is 0 Å². The molecule has 1 aliphatic rings. The monoisotopic (exact) mass is 280 g/mol. The van der Waals surface area contributed by atoms with Crippen LogP contribution >= 0.6 is 0 Å². The van der Waals surface area contributed by atoms with Crippen LogP contribution < -0.4 is 10.1 Å². The molecule has 20 heavy (non-hydrogen) atoms. The van der Waals surface area contributed by atoms with Crippen molar-refractivity contribution in [2.24, 2.45) is 0 Å². The van der Waals surface area contributed by atoms with Crippen LogP contribution in [-0.2, 0) is 4.74 Å². The van der Waals surface area contributed by atoms with Gasteiger partial charge in [0.15, 0.2) is 0 Å². The lowest BCUT2D eigenvalue weighted by Gasteiger charge is -2.28. The average molecular weight is 280 g/mol. The van der Waals surface area contributed by atoms with E-state index in [9.17, 15) is 9.90 Å². The van der Waals surface area contributed by atoms with Crippen molar-refractivity contribution in [3.8, 4) is 11.5 Å². The molecule has 0 radical (unpaired) electrons. The molecule has 6 heteroatoms. The van der Waals surface area contributed by atoms with Crippen molar-refractivity contribution < 1.29 is 19.4 Å². The number of carbonyl (C=O) groups is 1. The minimum Gasteiger partial charge on any atom is -0.507 e. The molecule has 1 unspecified atom stereocenters. The zero-order valence-corrected chi connectivity index (χ0v) is 11.8. The fourth-order valence-corrected chi connectivity index (χ4v) is 2.14. The number of ether oxygens (including phenoxy) is 2. The highest BCUT2D eigenvalue weighted by Gasteiger charge is 2.21. The van der Waals surface area contributed by atoms with Crippen LogP contribution in [-0.4, -0.2) is 62.4 Å². The van der Waals surface area contributed by atoms with Gasteiger partial charge in [0, 0.05) is 26.7 Å². The lowest BCUT2D eigenvalue weighted by Crippen LogP contribution is -2.45. The molecule has 1 heterocycles. The zero-order valence-electron chi connectivity index (χ0n) is 11.8. The maximum atomic E-state index is 12.3. The topological polar surface area (TPSA) is 71.0 Å². The normalized spacial score (nSPS) is 18.6. The number of benzene rings is 1. The van der Waals surface area contributed by atoms with E-state index in [0.29, 0.717) is 18.9 Å². The standard InChI is InChI=1S/C14H20N2O4/c1-16(9-11-8-15-5-6-20-11)14(18)12-7-10(19-2)3-4-13(12)17/h3-4,7,11,15,17H,5-6,8-9H2,1-2H3. The van der Waals surface area contributed by atoms with Crippen molar-refractivity contribution in [3.63, 3.8) is 0 Å². The molecular formula is C14H20N2O4. The molecule has 1 saturated heterocycles. The molecule has 6 nitrogen and oxygen atoms in total. The number of methoxy groups -OCH3 is 1. The Morgan fingerprint density at radius 1 is 1.60 bits per heavy atom. The van der Waals surface area contributed by atoms with Gasteiger partial charge in [-0.1, -0.05) is 0 Å². The SMILES string of the molecule is COc1ccc(O)c(C(=O)N(C)CC2CNCCO2)c1.